The topological polar surface area (TPSA) is 88.2 Å². The highest BCUT2D eigenvalue weighted by atomic mass is 16.7. The van der Waals surface area contributed by atoms with Gasteiger partial charge in [-0.2, -0.15) is 0 Å². The summed E-state index contributed by atoms with van der Waals surface area (Å²) in [7, 11) is 0. The number of para-hydroxylation sites is 1. The van der Waals surface area contributed by atoms with Gasteiger partial charge in [-0.1, -0.05) is 42.5 Å². The summed E-state index contributed by atoms with van der Waals surface area (Å²) >= 11 is 0. The van der Waals surface area contributed by atoms with E-state index in [1.165, 1.54) is 4.90 Å². The maximum Gasteiger partial charge on any atom is 0.247 e. The molecule has 4 heterocycles. The van der Waals surface area contributed by atoms with Crippen LogP contribution in [0.25, 0.3) is 6.08 Å². The van der Waals surface area contributed by atoms with Crippen molar-refractivity contribution in [3.8, 4) is 11.5 Å². The number of hydrogen-bond acceptors (Lipinski definition) is 6. The molecule has 4 unspecified atom stereocenters. The third kappa shape index (κ3) is 2.90. The second-order valence-corrected chi connectivity index (χ2v) is 9.24. The lowest BCUT2D eigenvalue weighted by atomic mass is 9.84. The second-order valence-electron chi connectivity index (χ2n) is 9.24. The molecule has 4 aliphatic heterocycles. The Morgan fingerprint density at radius 3 is 2.47 bits per heavy atom. The van der Waals surface area contributed by atoms with Crippen LogP contribution in [0.3, 0.4) is 0 Å². The van der Waals surface area contributed by atoms with Gasteiger partial charge >= 0.3 is 0 Å². The first-order valence-electron chi connectivity index (χ1n) is 11.8. The van der Waals surface area contributed by atoms with Crippen molar-refractivity contribution in [1.82, 2.24) is 4.90 Å². The maximum atomic E-state index is 13.9. The van der Waals surface area contributed by atoms with Crippen molar-refractivity contribution >= 4 is 35.2 Å². The molecule has 7 rings (SSSR count). The van der Waals surface area contributed by atoms with Gasteiger partial charge < -0.3 is 19.7 Å². The van der Waals surface area contributed by atoms with Crippen LogP contribution in [0.2, 0.25) is 0 Å². The van der Waals surface area contributed by atoms with E-state index >= 15 is 0 Å². The molecule has 0 aliphatic carbocycles. The fraction of sp³-hybridized carbons (Fsp3) is 0.179. The zero-order chi connectivity index (χ0) is 24.4. The van der Waals surface area contributed by atoms with Crippen LogP contribution in [0.15, 0.2) is 79.0 Å². The van der Waals surface area contributed by atoms with Gasteiger partial charge in [0.2, 0.25) is 24.5 Å². The molecule has 0 aromatic heterocycles. The van der Waals surface area contributed by atoms with Crippen LogP contribution in [-0.2, 0) is 14.4 Å². The van der Waals surface area contributed by atoms with Crippen LogP contribution in [0.4, 0.5) is 11.4 Å². The van der Waals surface area contributed by atoms with Crippen molar-refractivity contribution in [3.05, 3.63) is 90.1 Å². The van der Waals surface area contributed by atoms with Crippen molar-refractivity contribution < 1.29 is 23.9 Å². The number of benzene rings is 3. The number of imide groups is 1. The molecule has 3 aromatic rings. The summed E-state index contributed by atoms with van der Waals surface area (Å²) in [5.74, 6) is -1.53. The number of anilines is 2. The summed E-state index contributed by atoms with van der Waals surface area (Å²) in [5.41, 5.74) is 2.95. The number of carbonyl (C=O) groups is 3. The molecule has 4 atom stereocenters. The summed E-state index contributed by atoms with van der Waals surface area (Å²) in [6, 6.07) is 20.6. The van der Waals surface area contributed by atoms with Crippen molar-refractivity contribution in [2.75, 3.05) is 17.0 Å². The standard InChI is InChI=1S/C28H21N3O5/c32-26(29-17-7-2-1-3-8-17)25-23-22(24-19-9-5-4-6-16(19)12-13-30(24)25)27(33)31(28(23)34)18-10-11-20-21(14-18)36-15-35-20/h1-14,22-25H,15H2,(H,29,32). The number of nitrogens with one attached hydrogen (secondary N) is 1. The second kappa shape index (κ2) is 7.71. The summed E-state index contributed by atoms with van der Waals surface area (Å²) in [5, 5.41) is 2.94. The Hall–Kier alpha value is -4.59. The van der Waals surface area contributed by atoms with Crippen LogP contribution in [0.1, 0.15) is 17.2 Å². The highest BCUT2D eigenvalue weighted by Crippen LogP contribution is 2.53. The molecule has 0 saturated carbocycles. The fourth-order valence-corrected chi connectivity index (χ4v) is 5.87. The highest BCUT2D eigenvalue weighted by Gasteiger charge is 2.64. The predicted molar refractivity (Wildman–Crippen MR) is 131 cm³/mol. The summed E-state index contributed by atoms with van der Waals surface area (Å²) < 4.78 is 10.8. The third-order valence-corrected chi connectivity index (χ3v) is 7.39. The Bertz CT molecular complexity index is 1450. The highest BCUT2D eigenvalue weighted by molar-refractivity contribution is 6.24. The molecule has 8 heteroatoms. The van der Waals surface area contributed by atoms with Crippen molar-refractivity contribution in [3.63, 3.8) is 0 Å². The van der Waals surface area contributed by atoms with Gasteiger partial charge in [-0.25, -0.2) is 4.90 Å². The van der Waals surface area contributed by atoms with E-state index in [0.29, 0.717) is 22.9 Å². The number of nitrogens with zero attached hydrogens (tertiary/aromatic N) is 2. The largest absolute Gasteiger partial charge is 0.454 e. The van der Waals surface area contributed by atoms with Gasteiger partial charge in [-0.05, 0) is 41.5 Å². The minimum atomic E-state index is -0.847. The van der Waals surface area contributed by atoms with Gasteiger partial charge in [0.25, 0.3) is 0 Å². The monoisotopic (exact) mass is 479 g/mol. The molecule has 8 nitrogen and oxygen atoms in total. The Morgan fingerprint density at radius 1 is 0.861 bits per heavy atom. The van der Waals surface area contributed by atoms with Gasteiger partial charge in [0.05, 0.1) is 23.6 Å². The van der Waals surface area contributed by atoms with E-state index in [1.807, 2.05) is 59.6 Å². The third-order valence-electron chi connectivity index (χ3n) is 7.39. The molecule has 1 N–H and O–H groups in total. The molecule has 178 valence electrons. The molecule has 2 fully saturated rings. The number of rotatable bonds is 3. The Balaban J connectivity index is 1.32. The molecule has 36 heavy (non-hydrogen) atoms. The van der Waals surface area contributed by atoms with Gasteiger partial charge in [-0.15, -0.1) is 0 Å². The normalized spacial score (nSPS) is 25.0. The first kappa shape index (κ1) is 20.8. The Kier molecular flexibility index (Phi) is 4.44. The molecule has 0 spiro atoms. The van der Waals surface area contributed by atoms with E-state index in [4.69, 9.17) is 9.47 Å². The number of carbonyl (C=O) groups excluding carboxylic acids is 3. The van der Waals surface area contributed by atoms with E-state index in [-0.39, 0.29) is 18.6 Å². The first-order valence-corrected chi connectivity index (χ1v) is 11.8. The summed E-state index contributed by atoms with van der Waals surface area (Å²) in [4.78, 5) is 44.6. The summed E-state index contributed by atoms with van der Waals surface area (Å²) in [6.07, 6.45) is 3.77. The molecule has 0 bridgehead atoms. The van der Waals surface area contributed by atoms with E-state index in [2.05, 4.69) is 5.32 Å². The van der Waals surface area contributed by atoms with Gasteiger partial charge in [0.1, 0.15) is 6.04 Å². The Labute approximate surface area is 206 Å². The fourth-order valence-electron chi connectivity index (χ4n) is 5.87. The number of fused-ring (bicyclic) bond motifs is 6. The van der Waals surface area contributed by atoms with Crippen LogP contribution in [-0.4, -0.2) is 35.5 Å². The van der Waals surface area contributed by atoms with Crippen LogP contribution in [0.5, 0.6) is 11.5 Å². The lowest BCUT2D eigenvalue weighted by molar-refractivity contribution is -0.128. The van der Waals surface area contributed by atoms with Crippen LogP contribution < -0.4 is 19.7 Å². The lowest BCUT2D eigenvalue weighted by Gasteiger charge is -2.35. The molecule has 3 aromatic carbocycles. The first-order chi connectivity index (χ1) is 17.6. The molecular formula is C28H21N3O5. The van der Waals surface area contributed by atoms with Crippen molar-refractivity contribution in [2.45, 2.75) is 12.1 Å². The lowest BCUT2D eigenvalue weighted by Crippen LogP contribution is -2.46. The minimum absolute atomic E-state index is 0.0911. The van der Waals surface area contributed by atoms with E-state index in [1.54, 1.807) is 30.3 Å². The Morgan fingerprint density at radius 2 is 1.61 bits per heavy atom. The molecule has 2 saturated heterocycles. The minimum Gasteiger partial charge on any atom is -0.454 e. The predicted octanol–water partition coefficient (Wildman–Crippen LogP) is 3.57. The molecular weight excluding hydrogens is 458 g/mol. The van der Waals surface area contributed by atoms with Gasteiger partial charge in [0.15, 0.2) is 11.5 Å². The average Bonchev–Trinajstić information content (AvgIpc) is 3.57. The van der Waals surface area contributed by atoms with E-state index in [9.17, 15) is 14.4 Å². The average molecular weight is 479 g/mol. The zero-order valence-electron chi connectivity index (χ0n) is 19.0. The van der Waals surface area contributed by atoms with Crippen molar-refractivity contribution in [2.24, 2.45) is 11.8 Å². The maximum absolute atomic E-state index is 13.9. The molecule has 3 amide bonds. The van der Waals surface area contributed by atoms with Gasteiger partial charge in [-0.3, -0.25) is 14.4 Å². The van der Waals surface area contributed by atoms with Crippen LogP contribution in [0, 0.1) is 11.8 Å². The van der Waals surface area contributed by atoms with Crippen LogP contribution >= 0.6 is 0 Å². The van der Waals surface area contributed by atoms with E-state index < -0.39 is 29.8 Å². The van der Waals surface area contributed by atoms with Gasteiger partial charge in [0, 0.05) is 18.0 Å². The number of amides is 3. The SMILES string of the molecule is O=C(Nc1ccccc1)C1C2C(=O)N(c3ccc4c(c3)OCO4)C(=O)C2C2c3ccccc3C=CN12. The zero-order valence-corrected chi connectivity index (χ0v) is 19.0. The number of ether oxygens (including phenoxy) is 2. The molecule has 4 aliphatic rings. The summed E-state index contributed by atoms with van der Waals surface area (Å²) in [6.45, 7) is 0.0911. The molecule has 0 radical (unpaired) electrons. The van der Waals surface area contributed by atoms with Crippen molar-refractivity contribution in [1.29, 1.82) is 0 Å². The van der Waals surface area contributed by atoms with E-state index in [0.717, 1.165) is 11.1 Å². The smallest absolute Gasteiger partial charge is 0.247 e. The number of hydrogen-bond donors (Lipinski definition) is 1. The quantitative estimate of drug-likeness (QED) is 0.578.